The molecule has 0 amide bonds. The molecule has 0 fully saturated rings. The van der Waals surface area contributed by atoms with Crippen molar-refractivity contribution < 1.29 is 0 Å². The van der Waals surface area contributed by atoms with Crippen LogP contribution in [0.2, 0.25) is 0 Å². The van der Waals surface area contributed by atoms with Crippen molar-refractivity contribution >= 4 is 22.7 Å². The van der Waals surface area contributed by atoms with Gasteiger partial charge in [-0.15, -0.1) is 0 Å². The number of aryl methyl sites for hydroxylation is 2. The maximum Gasteiger partial charge on any atom is 0.0467 e. The van der Waals surface area contributed by atoms with E-state index in [-0.39, 0.29) is 0 Å². The Kier molecular flexibility index (Phi) is 4.91. The van der Waals surface area contributed by atoms with E-state index in [1.54, 1.807) is 0 Å². The molecule has 0 saturated carbocycles. The highest BCUT2D eigenvalue weighted by molar-refractivity contribution is 7.99. The predicted octanol–water partition coefficient (Wildman–Crippen LogP) is 5.96. The average molecular weight is 283 g/mol. The minimum atomic E-state index is 1.22. The van der Waals surface area contributed by atoms with Crippen LogP contribution in [-0.4, -0.2) is 4.98 Å². The minimum absolute atomic E-state index is 1.22. The van der Waals surface area contributed by atoms with E-state index in [2.05, 4.69) is 67.4 Å². The zero-order valence-corrected chi connectivity index (χ0v) is 13.3. The molecule has 104 valence electrons. The topological polar surface area (TPSA) is 15.8 Å². The summed E-state index contributed by atoms with van der Waals surface area (Å²) in [5.41, 5.74) is 3.76. The van der Waals surface area contributed by atoms with Gasteiger partial charge >= 0.3 is 0 Å². The quantitative estimate of drug-likeness (QED) is 0.613. The summed E-state index contributed by atoms with van der Waals surface area (Å²) in [4.78, 5) is 6.07. The molecule has 0 bridgehead atoms. The second kappa shape index (κ2) is 6.67. The predicted molar refractivity (Wildman–Crippen MR) is 89.7 cm³/mol. The molecule has 2 aromatic carbocycles. The van der Waals surface area contributed by atoms with E-state index in [1.165, 1.54) is 32.0 Å². The average Bonchev–Trinajstić information content (AvgIpc) is 2.78. The SMILES string of the molecule is CC.Cc1ccc2[nH]c(C)c(Sc3ccccc3)c2c1. The van der Waals surface area contributed by atoms with Gasteiger partial charge in [-0.25, -0.2) is 0 Å². The van der Waals surface area contributed by atoms with Gasteiger partial charge in [0.1, 0.15) is 0 Å². The summed E-state index contributed by atoms with van der Waals surface area (Å²) in [6, 6.07) is 17.1. The van der Waals surface area contributed by atoms with Gasteiger partial charge in [-0.1, -0.05) is 55.4 Å². The Morgan fingerprint density at radius 2 is 1.60 bits per heavy atom. The van der Waals surface area contributed by atoms with Crippen LogP contribution in [0.15, 0.2) is 58.3 Å². The zero-order valence-electron chi connectivity index (χ0n) is 12.5. The highest BCUT2D eigenvalue weighted by Crippen LogP contribution is 2.36. The number of benzene rings is 2. The molecule has 1 N–H and O–H groups in total. The van der Waals surface area contributed by atoms with Crippen LogP contribution in [-0.2, 0) is 0 Å². The zero-order chi connectivity index (χ0) is 14.5. The first-order chi connectivity index (χ1) is 9.74. The van der Waals surface area contributed by atoms with Crippen LogP contribution in [0.1, 0.15) is 25.1 Å². The molecular formula is C18H21NS. The smallest absolute Gasteiger partial charge is 0.0467 e. The van der Waals surface area contributed by atoms with E-state index in [0.717, 1.165) is 0 Å². The summed E-state index contributed by atoms with van der Waals surface area (Å²) in [6.07, 6.45) is 0. The Bertz CT molecular complexity index is 683. The summed E-state index contributed by atoms with van der Waals surface area (Å²) in [5, 5.41) is 1.32. The van der Waals surface area contributed by atoms with Gasteiger partial charge in [0.05, 0.1) is 0 Å². The van der Waals surface area contributed by atoms with E-state index >= 15 is 0 Å². The number of aromatic nitrogens is 1. The number of rotatable bonds is 2. The summed E-state index contributed by atoms with van der Waals surface area (Å²) >= 11 is 1.83. The van der Waals surface area contributed by atoms with E-state index in [0.29, 0.717) is 0 Å². The van der Waals surface area contributed by atoms with Gasteiger partial charge in [0.15, 0.2) is 0 Å². The van der Waals surface area contributed by atoms with Crippen molar-refractivity contribution in [1.82, 2.24) is 4.98 Å². The standard InChI is InChI=1S/C16H15NS.C2H6/c1-11-8-9-15-14(10-11)16(12(2)17-15)18-13-6-4-3-5-7-13;1-2/h3-10,17H,1-2H3;1-2H3. The third-order valence-corrected chi connectivity index (χ3v) is 4.28. The van der Waals surface area contributed by atoms with Crippen LogP contribution in [0.25, 0.3) is 10.9 Å². The molecule has 3 aromatic rings. The number of hydrogen-bond donors (Lipinski definition) is 1. The molecular weight excluding hydrogens is 262 g/mol. The molecule has 3 rings (SSSR count). The van der Waals surface area contributed by atoms with Gasteiger partial charge in [0, 0.05) is 26.4 Å². The van der Waals surface area contributed by atoms with Gasteiger partial charge in [-0.05, 0) is 38.1 Å². The summed E-state index contributed by atoms with van der Waals surface area (Å²) in [7, 11) is 0. The molecule has 0 radical (unpaired) electrons. The molecule has 0 saturated heterocycles. The summed E-state index contributed by atoms with van der Waals surface area (Å²) < 4.78 is 0. The number of nitrogens with one attached hydrogen (secondary N) is 1. The Morgan fingerprint density at radius 1 is 0.900 bits per heavy atom. The van der Waals surface area contributed by atoms with Crippen LogP contribution < -0.4 is 0 Å². The van der Waals surface area contributed by atoms with Gasteiger partial charge in [0.25, 0.3) is 0 Å². The van der Waals surface area contributed by atoms with Gasteiger partial charge < -0.3 is 4.98 Å². The number of aromatic amines is 1. The molecule has 0 unspecified atom stereocenters. The van der Waals surface area contributed by atoms with Crippen LogP contribution in [0.4, 0.5) is 0 Å². The first-order valence-electron chi connectivity index (χ1n) is 7.06. The van der Waals surface area contributed by atoms with Crippen molar-refractivity contribution in [1.29, 1.82) is 0 Å². The second-order valence-corrected chi connectivity index (χ2v) is 5.63. The van der Waals surface area contributed by atoms with E-state index in [9.17, 15) is 0 Å². The summed E-state index contributed by atoms with van der Waals surface area (Å²) in [6.45, 7) is 8.28. The second-order valence-electron chi connectivity index (χ2n) is 4.54. The number of fused-ring (bicyclic) bond motifs is 1. The molecule has 0 aliphatic rings. The molecule has 0 aliphatic carbocycles. The van der Waals surface area contributed by atoms with Crippen molar-refractivity contribution in [2.45, 2.75) is 37.5 Å². The molecule has 2 heteroatoms. The third kappa shape index (κ3) is 3.07. The van der Waals surface area contributed by atoms with E-state index in [4.69, 9.17) is 0 Å². The highest BCUT2D eigenvalue weighted by atomic mass is 32.2. The fraction of sp³-hybridized carbons (Fsp3) is 0.222. The lowest BCUT2D eigenvalue weighted by molar-refractivity contribution is 1.23. The number of H-pyrrole nitrogens is 1. The fourth-order valence-corrected chi connectivity index (χ4v) is 3.17. The lowest BCUT2D eigenvalue weighted by atomic mass is 10.2. The highest BCUT2D eigenvalue weighted by Gasteiger charge is 2.09. The van der Waals surface area contributed by atoms with Crippen LogP contribution in [0.3, 0.4) is 0 Å². The van der Waals surface area contributed by atoms with Gasteiger partial charge in [0.2, 0.25) is 0 Å². The largest absolute Gasteiger partial charge is 0.358 e. The molecule has 0 aliphatic heterocycles. The van der Waals surface area contributed by atoms with Crippen molar-refractivity contribution in [2.75, 3.05) is 0 Å². The molecule has 1 aromatic heterocycles. The van der Waals surface area contributed by atoms with Crippen LogP contribution in [0, 0.1) is 13.8 Å². The Balaban J connectivity index is 0.000000704. The van der Waals surface area contributed by atoms with E-state index < -0.39 is 0 Å². The Hall–Kier alpha value is -1.67. The van der Waals surface area contributed by atoms with Crippen LogP contribution in [0.5, 0.6) is 0 Å². The monoisotopic (exact) mass is 283 g/mol. The van der Waals surface area contributed by atoms with Crippen molar-refractivity contribution in [2.24, 2.45) is 0 Å². The molecule has 20 heavy (non-hydrogen) atoms. The third-order valence-electron chi connectivity index (χ3n) is 3.05. The molecule has 1 nitrogen and oxygen atoms in total. The maximum absolute atomic E-state index is 3.45. The molecule has 0 spiro atoms. The Morgan fingerprint density at radius 3 is 2.30 bits per heavy atom. The Labute approximate surface area is 125 Å². The number of hydrogen-bond acceptors (Lipinski definition) is 1. The molecule has 0 atom stereocenters. The lowest BCUT2D eigenvalue weighted by Gasteiger charge is -2.02. The summed E-state index contributed by atoms with van der Waals surface area (Å²) in [5.74, 6) is 0. The van der Waals surface area contributed by atoms with Crippen molar-refractivity contribution in [3.8, 4) is 0 Å². The van der Waals surface area contributed by atoms with E-state index in [1.807, 2.05) is 25.6 Å². The fourth-order valence-electron chi connectivity index (χ4n) is 2.15. The van der Waals surface area contributed by atoms with Crippen molar-refractivity contribution in [3.05, 3.63) is 59.8 Å². The molecule has 1 heterocycles. The van der Waals surface area contributed by atoms with Crippen LogP contribution >= 0.6 is 11.8 Å². The normalized spacial score (nSPS) is 10.2. The van der Waals surface area contributed by atoms with Gasteiger partial charge in [-0.2, -0.15) is 0 Å². The minimum Gasteiger partial charge on any atom is -0.358 e. The lowest BCUT2D eigenvalue weighted by Crippen LogP contribution is -1.76. The van der Waals surface area contributed by atoms with Crippen molar-refractivity contribution in [3.63, 3.8) is 0 Å². The maximum atomic E-state index is 3.45. The first kappa shape index (κ1) is 14.7. The van der Waals surface area contributed by atoms with Gasteiger partial charge in [-0.3, -0.25) is 0 Å². The first-order valence-corrected chi connectivity index (χ1v) is 7.87.